The number of fused-ring (bicyclic) bond motifs is 2. The summed E-state index contributed by atoms with van der Waals surface area (Å²) in [7, 11) is 0. The van der Waals surface area contributed by atoms with Crippen molar-refractivity contribution in [1.29, 1.82) is 0 Å². The second kappa shape index (κ2) is 8.95. The lowest BCUT2D eigenvalue weighted by Gasteiger charge is -2.33. The quantitative estimate of drug-likeness (QED) is 0.463. The zero-order valence-corrected chi connectivity index (χ0v) is 20.5. The molecule has 2 fully saturated rings. The molecule has 7 nitrogen and oxygen atoms in total. The summed E-state index contributed by atoms with van der Waals surface area (Å²) in [5, 5.41) is 3.30. The Bertz CT molecular complexity index is 1400. The van der Waals surface area contributed by atoms with E-state index in [2.05, 4.69) is 62.9 Å². The van der Waals surface area contributed by atoms with Crippen LogP contribution < -0.4 is 10.2 Å². The van der Waals surface area contributed by atoms with Gasteiger partial charge in [-0.15, -0.1) is 0 Å². The van der Waals surface area contributed by atoms with E-state index in [9.17, 15) is 4.79 Å². The van der Waals surface area contributed by atoms with Crippen molar-refractivity contribution in [2.24, 2.45) is 5.92 Å². The van der Waals surface area contributed by atoms with Gasteiger partial charge in [0.15, 0.2) is 0 Å². The molecular formula is C28H32N6O. The largest absolute Gasteiger partial charge is 0.353 e. The van der Waals surface area contributed by atoms with Gasteiger partial charge in [-0.3, -0.25) is 19.3 Å². The molecular weight excluding hydrogens is 436 g/mol. The summed E-state index contributed by atoms with van der Waals surface area (Å²) < 4.78 is 2.24. The fraction of sp³-hybridized carbons (Fsp3) is 0.429. The summed E-state index contributed by atoms with van der Waals surface area (Å²) in [5.41, 5.74) is 7.33. The van der Waals surface area contributed by atoms with Crippen LogP contribution in [-0.2, 0) is 4.79 Å². The molecule has 3 heterocycles. The first-order chi connectivity index (χ1) is 17.1. The minimum Gasteiger partial charge on any atom is -0.353 e. The van der Waals surface area contributed by atoms with Crippen molar-refractivity contribution in [3.63, 3.8) is 0 Å². The minimum absolute atomic E-state index is 0.0881. The van der Waals surface area contributed by atoms with Crippen LogP contribution in [0.15, 0.2) is 42.7 Å². The monoisotopic (exact) mass is 468 g/mol. The van der Waals surface area contributed by atoms with Crippen LogP contribution in [0.1, 0.15) is 49.7 Å². The number of rotatable bonds is 4. The average molecular weight is 469 g/mol. The number of carbonyl (C=O) groups excluding carboxylic acids is 1. The third kappa shape index (κ3) is 4.13. The Morgan fingerprint density at radius 2 is 1.60 bits per heavy atom. The van der Waals surface area contributed by atoms with Crippen LogP contribution in [0.4, 0.5) is 5.95 Å². The Kier molecular flexibility index (Phi) is 5.63. The number of nitrogens with zero attached hydrogens (tertiary/aromatic N) is 5. The maximum Gasteiger partial charge on any atom is 0.223 e. The fourth-order valence-corrected chi connectivity index (χ4v) is 5.61. The number of amides is 1. The predicted molar refractivity (Wildman–Crippen MR) is 139 cm³/mol. The van der Waals surface area contributed by atoms with E-state index >= 15 is 0 Å². The van der Waals surface area contributed by atoms with Gasteiger partial charge in [-0.25, -0.2) is 4.98 Å². The van der Waals surface area contributed by atoms with Crippen LogP contribution in [0.3, 0.4) is 0 Å². The number of nitrogens with one attached hydrogen (secondary N) is 1. The Hall–Kier alpha value is -3.48. The fourth-order valence-electron chi connectivity index (χ4n) is 5.61. The Balaban J connectivity index is 1.33. The highest BCUT2D eigenvalue weighted by Gasteiger charge is 2.30. The first-order valence-electron chi connectivity index (χ1n) is 12.8. The van der Waals surface area contributed by atoms with Crippen LogP contribution in [0.5, 0.6) is 0 Å². The van der Waals surface area contributed by atoms with E-state index in [0.717, 1.165) is 72.5 Å². The summed E-state index contributed by atoms with van der Waals surface area (Å²) in [5.74, 6) is 1.26. The van der Waals surface area contributed by atoms with E-state index < -0.39 is 0 Å². The van der Waals surface area contributed by atoms with Gasteiger partial charge in [0.05, 0.1) is 27.8 Å². The molecule has 6 rings (SSSR count). The van der Waals surface area contributed by atoms with E-state index in [-0.39, 0.29) is 11.8 Å². The molecule has 0 unspecified atom stereocenters. The number of anilines is 1. The summed E-state index contributed by atoms with van der Waals surface area (Å²) in [6.07, 6.45) is 9.88. The van der Waals surface area contributed by atoms with E-state index in [4.69, 9.17) is 4.98 Å². The highest BCUT2D eigenvalue weighted by Crippen LogP contribution is 2.32. The number of aryl methyl sites for hydroxylation is 2. The highest BCUT2D eigenvalue weighted by molar-refractivity contribution is 5.85. The van der Waals surface area contributed by atoms with Gasteiger partial charge in [-0.1, -0.05) is 12.8 Å². The average Bonchev–Trinajstić information content (AvgIpc) is 3.52. The molecule has 1 saturated heterocycles. The number of aromatic nitrogens is 4. The van der Waals surface area contributed by atoms with Gasteiger partial charge in [-0.05, 0) is 81.0 Å². The van der Waals surface area contributed by atoms with Crippen molar-refractivity contribution in [2.45, 2.75) is 58.4 Å². The van der Waals surface area contributed by atoms with Gasteiger partial charge in [0.2, 0.25) is 11.9 Å². The molecule has 1 aliphatic heterocycles. The smallest absolute Gasteiger partial charge is 0.223 e. The Morgan fingerprint density at radius 3 is 2.37 bits per heavy atom. The molecule has 0 radical (unpaired) electrons. The Labute approximate surface area is 205 Å². The topological polar surface area (TPSA) is 75.9 Å². The van der Waals surface area contributed by atoms with Crippen molar-refractivity contribution in [3.05, 3.63) is 53.9 Å². The second-order valence-electron chi connectivity index (χ2n) is 10.2. The van der Waals surface area contributed by atoms with E-state index in [1.165, 1.54) is 24.0 Å². The molecule has 2 aliphatic rings. The van der Waals surface area contributed by atoms with Crippen LogP contribution >= 0.6 is 0 Å². The van der Waals surface area contributed by atoms with Gasteiger partial charge in [0.1, 0.15) is 0 Å². The summed E-state index contributed by atoms with van der Waals surface area (Å²) in [4.78, 5) is 29.3. The number of piperidine rings is 1. The molecule has 2 aromatic carbocycles. The molecule has 0 atom stereocenters. The molecule has 4 aromatic rings. The molecule has 1 N–H and O–H groups in total. The van der Waals surface area contributed by atoms with Crippen molar-refractivity contribution < 1.29 is 4.79 Å². The van der Waals surface area contributed by atoms with E-state index in [0.29, 0.717) is 6.04 Å². The highest BCUT2D eigenvalue weighted by atomic mass is 16.2. The molecule has 1 saturated carbocycles. The predicted octanol–water partition coefficient (Wildman–Crippen LogP) is 4.86. The molecule has 1 amide bonds. The first-order valence-corrected chi connectivity index (χ1v) is 12.8. The molecule has 1 aliphatic carbocycles. The maximum atomic E-state index is 12.9. The van der Waals surface area contributed by atoms with Crippen LogP contribution in [0, 0.1) is 19.8 Å². The zero-order chi connectivity index (χ0) is 23.9. The second-order valence-corrected chi connectivity index (χ2v) is 10.2. The first kappa shape index (κ1) is 22.0. The van der Waals surface area contributed by atoms with E-state index in [1.807, 2.05) is 6.07 Å². The lowest BCUT2D eigenvalue weighted by Crippen LogP contribution is -2.43. The minimum atomic E-state index is 0.0881. The molecule has 0 spiro atoms. The van der Waals surface area contributed by atoms with Gasteiger partial charge < -0.3 is 10.2 Å². The standard InChI is InChI=1S/C28H32N6O/c1-18-15-25-26(16-19(18)2)34(22-7-8-23-24(17-22)30-12-11-29-23)28(32-25)33-13-9-20(10-14-33)27(35)31-21-5-3-4-6-21/h7-8,11-12,15-17,20-21H,3-6,9-10,13-14H2,1-2H3,(H,31,35). The van der Waals surface area contributed by atoms with Crippen molar-refractivity contribution >= 4 is 33.9 Å². The van der Waals surface area contributed by atoms with Gasteiger partial charge in [0, 0.05) is 37.4 Å². The lowest BCUT2D eigenvalue weighted by atomic mass is 9.95. The third-order valence-electron chi connectivity index (χ3n) is 7.81. The van der Waals surface area contributed by atoms with Crippen LogP contribution in [-0.4, -0.2) is 44.6 Å². The summed E-state index contributed by atoms with van der Waals surface area (Å²) in [6.45, 7) is 5.91. The molecule has 7 heteroatoms. The number of hydrogen-bond donors (Lipinski definition) is 1. The normalized spacial score (nSPS) is 17.5. The molecule has 35 heavy (non-hydrogen) atoms. The Morgan fingerprint density at radius 1 is 0.886 bits per heavy atom. The maximum absolute atomic E-state index is 12.9. The summed E-state index contributed by atoms with van der Waals surface area (Å²) in [6, 6.07) is 11.0. The SMILES string of the molecule is Cc1cc2nc(N3CCC(C(=O)NC4CCCC4)CC3)n(-c3ccc4nccnc4c3)c2cc1C. The van der Waals surface area contributed by atoms with Gasteiger partial charge >= 0.3 is 0 Å². The van der Waals surface area contributed by atoms with Crippen molar-refractivity contribution in [2.75, 3.05) is 18.0 Å². The molecule has 180 valence electrons. The molecule has 2 aromatic heterocycles. The molecule has 0 bridgehead atoms. The number of imidazole rings is 1. The number of benzene rings is 2. The van der Waals surface area contributed by atoms with Crippen LogP contribution in [0.2, 0.25) is 0 Å². The third-order valence-corrected chi connectivity index (χ3v) is 7.81. The van der Waals surface area contributed by atoms with Crippen molar-refractivity contribution in [3.8, 4) is 5.69 Å². The van der Waals surface area contributed by atoms with Crippen molar-refractivity contribution in [1.82, 2.24) is 24.8 Å². The van der Waals surface area contributed by atoms with Gasteiger partial charge in [-0.2, -0.15) is 0 Å². The zero-order valence-electron chi connectivity index (χ0n) is 20.5. The lowest BCUT2D eigenvalue weighted by molar-refractivity contribution is -0.126. The summed E-state index contributed by atoms with van der Waals surface area (Å²) >= 11 is 0. The van der Waals surface area contributed by atoms with Gasteiger partial charge in [0.25, 0.3) is 0 Å². The van der Waals surface area contributed by atoms with Crippen LogP contribution in [0.25, 0.3) is 27.8 Å². The number of carbonyl (C=O) groups is 1. The number of hydrogen-bond acceptors (Lipinski definition) is 5. The van der Waals surface area contributed by atoms with E-state index in [1.54, 1.807) is 12.4 Å².